The first-order valence-corrected chi connectivity index (χ1v) is 6.07. The maximum atomic E-state index is 12.4. The Balaban J connectivity index is 2.24. The van der Waals surface area contributed by atoms with E-state index in [4.69, 9.17) is 10.2 Å². The SMILES string of the molecule is Cc1ccc(C(=O)N2CCCC(N)C2(C)C)o1. The second-order valence-corrected chi connectivity index (χ2v) is 5.27. The number of nitrogens with two attached hydrogens (primary N) is 1. The van der Waals surface area contributed by atoms with Crippen molar-refractivity contribution < 1.29 is 9.21 Å². The molecule has 1 aliphatic rings. The summed E-state index contributed by atoms with van der Waals surface area (Å²) < 4.78 is 5.40. The smallest absolute Gasteiger partial charge is 0.290 e. The van der Waals surface area contributed by atoms with Crippen molar-refractivity contribution in [1.82, 2.24) is 4.90 Å². The predicted octanol–water partition coefficient (Wildman–Crippen LogP) is 1.93. The van der Waals surface area contributed by atoms with Crippen LogP contribution in [0.15, 0.2) is 16.5 Å². The van der Waals surface area contributed by atoms with Gasteiger partial charge >= 0.3 is 0 Å². The zero-order valence-corrected chi connectivity index (χ0v) is 10.7. The summed E-state index contributed by atoms with van der Waals surface area (Å²) in [5.74, 6) is 1.11. The summed E-state index contributed by atoms with van der Waals surface area (Å²) in [7, 11) is 0. The number of aryl methyl sites for hydroxylation is 1. The molecule has 0 saturated carbocycles. The van der Waals surface area contributed by atoms with E-state index in [9.17, 15) is 4.79 Å². The van der Waals surface area contributed by atoms with Crippen LogP contribution < -0.4 is 5.73 Å². The Morgan fingerprint density at radius 3 is 2.82 bits per heavy atom. The number of hydrogen-bond donors (Lipinski definition) is 1. The zero-order valence-electron chi connectivity index (χ0n) is 10.7. The van der Waals surface area contributed by atoms with E-state index in [0.717, 1.165) is 25.1 Å². The molecule has 0 spiro atoms. The van der Waals surface area contributed by atoms with Crippen LogP contribution in [0.3, 0.4) is 0 Å². The van der Waals surface area contributed by atoms with Gasteiger partial charge in [-0.15, -0.1) is 0 Å². The number of rotatable bonds is 1. The largest absolute Gasteiger partial charge is 0.456 e. The fraction of sp³-hybridized carbons (Fsp3) is 0.615. The highest BCUT2D eigenvalue weighted by Crippen LogP contribution is 2.28. The quantitative estimate of drug-likeness (QED) is 0.810. The highest BCUT2D eigenvalue weighted by molar-refractivity contribution is 5.92. The summed E-state index contributed by atoms with van der Waals surface area (Å²) in [6.07, 6.45) is 1.92. The molecule has 0 aliphatic carbocycles. The van der Waals surface area contributed by atoms with Crippen LogP contribution in [0.25, 0.3) is 0 Å². The molecule has 0 aromatic carbocycles. The van der Waals surface area contributed by atoms with Crippen LogP contribution in [0.5, 0.6) is 0 Å². The molecule has 1 amide bonds. The molecule has 17 heavy (non-hydrogen) atoms. The summed E-state index contributed by atoms with van der Waals surface area (Å²) in [5.41, 5.74) is 5.79. The normalized spacial score (nSPS) is 23.8. The van der Waals surface area contributed by atoms with E-state index < -0.39 is 0 Å². The van der Waals surface area contributed by atoms with Crippen molar-refractivity contribution >= 4 is 5.91 Å². The molecule has 1 saturated heterocycles. The molecule has 1 aliphatic heterocycles. The summed E-state index contributed by atoms with van der Waals surface area (Å²) in [4.78, 5) is 14.2. The molecule has 0 bridgehead atoms. The van der Waals surface area contributed by atoms with Gasteiger partial charge in [-0.1, -0.05) is 0 Å². The molecule has 4 nitrogen and oxygen atoms in total. The number of piperidine rings is 1. The lowest BCUT2D eigenvalue weighted by molar-refractivity contribution is 0.0332. The van der Waals surface area contributed by atoms with Crippen molar-refractivity contribution in [3.8, 4) is 0 Å². The first-order valence-electron chi connectivity index (χ1n) is 6.07. The predicted molar refractivity (Wildman–Crippen MR) is 65.8 cm³/mol. The lowest BCUT2D eigenvalue weighted by Crippen LogP contribution is -2.61. The van der Waals surface area contributed by atoms with Gasteiger partial charge in [-0.2, -0.15) is 0 Å². The molecule has 1 fully saturated rings. The van der Waals surface area contributed by atoms with Crippen molar-refractivity contribution in [3.05, 3.63) is 23.7 Å². The monoisotopic (exact) mass is 236 g/mol. The highest BCUT2D eigenvalue weighted by atomic mass is 16.3. The first-order chi connectivity index (χ1) is 7.93. The molecule has 2 rings (SSSR count). The number of amides is 1. The van der Waals surface area contributed by atoms with E-state index in [-0.39, 0.29) is 17.5 Å². The third kappa shape index (κ3) is 2.09. The molecule has 1 atom stereocenters. The summed E-state index contributed by atoms with van der Waals surface area (Å²) in [6.45, 7) is 6.62. The number of carbonyl (C=O) groups excluding carboxylic acids is 1. The van der Waals surface area contributed by atoms with Gasteiger partial charge in [-0.25, -0.2) is 0 Å². The number of likely N-dealkylation sites (tertiary alicyclic amines) is 1. The second-order valence-electron chi connectivity index (χ2n) is 5.27. The molecule has 1 aromatic heterocycles. The number of furan rings is 1. The molecule has 2 N–H and O–H groups in total. The van der Waals surface area contributed by atoms with Gasteiger partial charge in [0.2, 0.25) is 0 Å². The lowest BCUT2D eigenvalue weighted by Gasteiger charge is -2.46. The van der Waals surface area contributed by atoms with Crippen molar-refractivity contribution in [3.63, 3.8) is 0 Å². The molecular weight excluding hydrogens is 216 g/mol. The Labute approximate surface area is 102 Å². The van der Waals surface area contributed by atoms with Crippen molar-refractivity contribution in [2.75, 3.05) is 6.54 Å². The molecule has 0 radical (unpaired) electrons. The molecule has 94 valence electrons. The summed E-state index contributed by atoms with van der Waals surface area (Å²) in [5, 5.41) is 0. The van der Waals surface area contributed by atoms with Crippen LogP contribution >= 0.6 is 0 Å². The zero-order chi connectivity index (χ0) is 12.6. The Morgan fingerprint density at radius 1 is 1.53 bits per heavy atom. The van der Waals surface area contributed by atoms with Gasteiger partial charge in [0, 0.05) is 12.6 Å². The fourth-order valence-corrected chi connectivity index (χ4v) is 2.36. The van der Waals surface area contributed by atoms with Gasteiger partial charge in [0.1, 0.15) is 5.76 Å². The van der Waals surface area contributed by atoms with Crippen molar-refractivity contribution in [2.45, 2.75) is 45.2 Å². The maximum absolute atomic E-state index is 12.4. The molecule has 2 heterocycles. The van der Waals surface area contributed by atoms with Crippen LogP contribution in [0.1, 0.15) is 43.0 Å². The second kappa shape index (κ2) is 4.18. The summed E-state index contributed by atoms with van der Waals surface area (Å²) >= 11 is 0. The number of hydrogen-bond acceptors (Lipinski definition) is 3. The van der Waals surface area contributed by atoms with Crippen LogP contribution in [-0.2, 0) is 0 Å². The van der Waals surface area contributed by atoms with Gasteiger partial charge in [0.05, 0.1) is 5.54 Å². The van der Waals surface area contributed by atoms with E-state index >= 15 is 0 Å². The maximum Gasteiger partial charge on any atom is 0.290 e. The van der Waals surface area contributed by atoms with Gasteiger partial charge in [-0.3, -0.25) is 4.79 Å². The number of carbonyl (C=O) groups is 1. The van der Waals surface area contributed by atoms with Gasteiger partial charge in [-0.05, 0) is 45.7 Å². The van der Waals surface area contributed by atoms with Crippen LogP contribution in [0.2, 0.25) is 0 Å². The highest BCUT2D eigenvalue weighted by Gasteiger charge is 2.40. The third-order valence-corrected chi connectivity index (χ3v) is 3.70. The Morgan fingerprint density at radius 2 is 2.24 bits per heavy atom. The average Bonchev–Trinajstić information content (AvgIpc) is 2.68. The topological polar surface area (TPSA) is 59.5 Å². The van der Waals surface area contributed by atoms with Crippen LogP contribution in [-0.4, -0.2) is 28.9 Å². The van der Waals surface area contributed by atoms with E-state index in [0.29, 0.717) is 5.76 Å². The molecule has 1 aromatic rings. The standard InChI is InChI=1S/C13H20N2O2/c1-9-6-7-10(17-9)12(16)15-8-4-5-11(14)13(15,2)3/h6-7,11H,4-5,8,14H2,1-3H3. The minimum atomic E-state index is -0.309. The van der Waals surface area contributed by atoms with Gasteiger partial charge in [0.25, 0.3) is 5.91 Å². The van der Waals surface area contributed by atoms with E-state index in [1.54, 1.807) is 6.07 Å². The molecule has 4 heteroatoms. The first kappa shape index (κ1) is 12.2. The lowest BCUT2D eigenvalue weighted by atomic mass is 9.85. The summed E-state index contributed by atoms with van der Waals surface area (Å²) in [6, 6.07) is 3.56. The Kier molecular flexibility index (Phi) is 3.00. The minimum absolute atomic E-state index is 0.0243. The van der Waals surface area contributed by atoms with Gasteiger partial charge in [0.15, 0.2) is 5.76 Å². The third-order valence-electron chi connectivity index (χ3n) is 3.70. The van der Waals surface area contributed by atoms with Crippen LogP contribution in [0, 0.1) is 6.92 Å². The van der Waals surface area contributed by atoms with Crippen molar-refractivity contribution in [1.29, 1.82) is 0 Å². The fourth-order valence-electron chi connectivity index (χ4n) is 2.36. The molecule has 1 unspecified atom stereocenters. The Hall–Kier alpha value is -1.29. The van der Waals surface area contributed by atoms with Crippen LogP contribution in [0.4, 0.5) is 0 Å². The number of nitrogens with zero attached hydrogens (tertiary/aromatic N) is 1. The van der Waals surface area contributed by atoms with E-state index in [2.05, 4.69) is 0 Å². The van der Waals surface area contributed by atoms with Gasteiger partial charge < -0.3 is 15.1 Å². The Bertz CT molecular complexity index is 423. The van der Waals surface area contributed by atoms with E-state index in [1.807, 2.05) is 31.7 Å². The minimum Gasteiger partial charge on any atom is -0.456 e. The molecular formula is C13H20N2O2. The van der Waals surface area contributed by atoms with Crippen molar-refractivity contribution in [2.24, 2.45) is 5.73 Å². The van der Waals surface area contributed by atoms with E-state index in [1.165, 1.54) is 0 Å². The average molecular weight is 236 g/mol.